The van der Waals surface area contributed by atoms with Crippen molar-refractivity contribution in [1.82, 2.24) is 20.2 Å². The summed E-state index contributed by atoms with van der Waals surface area (Å²) in [6.45, 7) is 13.0. The number of rotatable bonds is 4. The number of aromatic nitrogens is 2. The Balaban J connectivity index is 1.63. The standard InChI is InChI=1S/C28H35N5O/c1-20-11-13-23(14-12-20)25-29-21(2)24(19-22-9-7-6-8-10-22)26(30-25)32-15-17-33(18-16-32)27(34)31-28(3,4)5/h6-14H,15-19H2,1-5H3,(H,31,34). The fourth-order valence-electron chi connectivity index (χ4n) is 4.20. The predicted octanol–water partition coefficient (Wildman–Crippen LogP) is 4.98. The molecule has 0 unspecified atom stereocenters. The number of benzene rings is 2. The third-order valence-corrected chi connectivity index (χ3v) is 6.07. The molecular weight excluding hydrogens is 422 g/mol. The van der Waals surface area contributed by atoms with Gasteiger partial charge in [-0.05, 0) is 40.2 Å². The van der Waals surface area contributed by atoms with Crippen LogP contribution in [0.5, 0.6) is 0 Å². The normalized spacial score (nSPS) is 14.3. The van der Waals surface area contributed by atoms with E-state index in [0.717, 1.165) is 48.0 Å². The van der Waals surface area contributed by atoms with Gasteiger partial charge in [0.15, 0.2) is 5.82 Å². The number of anilines is 1. The number of nitrogens with one attached hydrogen (secondary N) is 1. The Hall–Kier alpha value is -3.41. The maximum atomic E-state index is 12.7. The monoisotopic (exact) mass is 457 g/mol. The first-order valence-electron chi connectivity index (χ1n) is 12.0. The van der Waals surface area contributed by atoms with Crippen LogP contribution in [0.2, 0.25) is 0 Å². The quantitative estimate of drug-likeness (QED) is 0.600. The van der Waals surface area contributed by atoms with Gasteiger partial charge in [0.25, 0.3) is 0 Å². The van der Waals surface area contributed by atoms with E-state index in [1.807, 2.05) is 31.7 Å². The molecule has 0 spiro atoms. The van der Waals surface area contributed by atoms with E-state index in [1.54, 1.807) is 0 Å². The fourth-order valence-corrected chi connectivity index (χ4v) is 4.20. The summed E-state index contributed by atoms with van der Waals surface area (Å²) in [6, 6.07) is 18.8. The molecule has 1 aliphatic rings. The van der Waals surface area contributed by atoms with Gasteiger partial charge in [0, 0.05) is 55.0 Å². The largest absolute Gasteiger partial charge is 0.353 e. The number of piperazine rings is 1. The number of aryl methyl sites for hydroxylation is 2. The Bertz CT molecular complexity index is 1130. The molecule has 178 valence electrons. The van der Waals surface area contributed by atoms with Crippen molar-refractivity contribution in [2.24, 2.45) is 0 Å². The molecular formula is C28H35N5O. The summed E-state index contributed by atoms with van der Waals surface area (Å²) in [7, 11) is 0. The van der Waals surface area contributed by atoms with Crippen molar-refractivity contribution in [3.05, 3.63) is 77.0 Å². The zero-order valence-electron chi connectivity index (χ0n) is 20.9. The van der Waals surface area contributed by atoms with Crippen molar-refractivity contribution < 1.29 is 4.79 Å². The number of hydrogen-bond acceptors (Lipinski definition) is 4. The van der Waals surface area contributed by atoms with Gasteiger partial charge in [0.05, 0.1) is 0 Å². The van der Waals surface area contributed by atoms with Gasteiger partial charge in [-0.2, -0.15) is 0 Å². The molecule has 2 heterocycles. The van der Waals surface area contributed by atoms with E-state index in [9.17, 15) is 4.79 Å². The highest BCUT2D eigenvalue weighted by atomic mass is 16.2. The molecule has 6 heteroatoms. The minimum absolute atomic E-state index is 0.00382. The van der Waals surface area contributed by atoms with Gasteiger partial charge in [0.1, 0.15) is 5.82 Å². The first-order valence-corrected chi connectivity index (χ1v) is 12.0. The number of nitrogens with zero attached hydrogens (tertiary/aromatic N) is 4. The van der Waals surface area contributed by atoms with Crippen LogP contribution in [0.25, 0.3) is 11.4 Å². The Labute approximate surface area is 203 Å². The number of carbonyl (C=O) groups excluding carboxylic acids is 1. The van der Waals surface area contributed by atoms with Crippen molar-refractivity contribution in [2.45, 2.75) is 46.6 Å². The molecule has 0 saturated carbocycles. The highest BCUT2D eigenvalue weighted by Crippen LogP contribution is 2.28. The molecule has 34 heavy (non-hydrogen) atoms. The summed E-state index contributed by atoms with van der Waals surface area (Å²) >= 11 is 0. The summed E-state index contributed by atoms with van der Waals surface area (Å²) in [5, 5.41) is 3.07. The number of carbonyl (C=O) groups is 1. The summed E-state index contributed by atoms with van der Waals surface area (Å²) in [5.41, 5.74) is 5.37. The number of hydrogen-bond donors (Lipinski definition) is 1. The van der Waals surface area contributed by atoms with E-state index in [4.69, 9.17) is 9.97 Å². The molecule has 4 rings (SSSR count). The second-order valence-corrected chi connectivity index (χ2v) is 10.1. The van der Waals surface area contributed by atoms with Gasteiger partial charge in [-0.3, -0.25) is 0 Å². The van der Waals surface area contributed by atoms with Gasteiger partial charge in [-0.15, -0.1) is 0 Å². The molecule has 2 amide bonds. The van der Waals surface area contributed by atoms with Crippen LogP contribution in [-0.2, 0) is 6.42 Å². The van der Waals surface area contributed by atoms with Crippen LogP contribution in [0.1, 0.15) is 43.2 Å². The van der Waals surface area contributed by atoms with Crippen molar-refractivity contribution in [3.8, 4) is 11.4 Å². The van der Waals surface area contributed by atoms with E-state index >= 15 is 0 Å². The van der Waals surface area contributed by atoms with E-state index < -0.39 is 0 Å². The molecule has 2 aromatic carbocycles. The highest BCUT2D eigenvalue weighted by molar-refractivity contribution is 5.75. The van der Waals surface area contributed by atoms with Crippen LogP contribution < -0.4 is 10.2 Å². The fraction of sp³-hybridized carbons (Fsp3) is 0.393. The summed E-state index contributed by atoms with van der Waals surface area (Å²) < 4.78 is 0. The van der Waals surface area contributed by atoms with Crippen molar-refractivity contribution in [3.63, 3.8) is 0 Å². The molecule has 1 aliphatic heterocycles. The highest BCUT2D eigenvalue weighted by Gasteiger charge is 2.27. The second kappa shape index (κ2) is 9.84. The average molecular weight is 458 g/mol. The third kappa shape index (κ3) is 5.74. The molecule has 0 atom stereocenters. The first-order chi connectivity index (χ1) is 16.2. The first kappa shape index (κ1) is 23.7. The van der Waals surface area contributed by atoms with Crippen molar-refractivity contribution in [2.75, 3.05) is 31.1 Å². The van der Waals surface area contributed by atoms with Crippen molar-refractivity contribution in [1.29, 1.82) is 0 Å². The van der Waals surface area contributed by atoms with Crippen LogP contribution in [0.4, 0.5) is 10.6 Å². The lowest BCUT2D eigenvalue weighted by Crippen LogP contribution is -2.55. The SMILES string of the molecule is Cc1ccc(-c2nc(C)c(Cc3ccccc3)c(N3CCN(C(=O)NC(C)(C)C)CC3)n2)cc1. The van der Waals surface area contributed by atoms with Crippen LogP contribution in [-0.4, -0.2) is 52.6 Å². The lowest BCUT2D eigenvalue weighted by Gasteiger charge is -2.37. The Morgan fingerprint density at radius 1 is 0.912 bits per heavy atom. The smallest absolute Gasteiger partial charge is 0.317 e. The molecule has 0 aliphatic carbocycles. The Morgan fingerprint density at radius 3 is 2.18 bits per heavy atom. The molecule has 0 bridgehead atoms. The molecule has 0 radical (unpaired) electrons. The Kier molecular flexibility index (Phi) is 6.87. The average Bonchev–Trinajstić information content (AvgIpc) is 2.80. The topological polar surface area (TPSA) is 61.4 Å². The van der Waals surface area contributed by atoms with Gasteiger partial charge in [0.2, 0.25) is 0 Å². The van der Waals surface area contributed by atoms with Gasteiger partial charge < -0.3 is 15.1 Å². The zero-order chi connectivity index (χ0) is 24.3. The van der Waals surface area contributed by atoms with Crippen molar-refractivity contribution >= 4 is 11.8 Å². The van der Waals surface area contributed by atoms with E-state index in [0.29, 0.717) is 13.1 Å². The van der Waals surface area contributed by atoms with Crippen LogP contribution in [0.15, 0.2) is 54.6 Å². The lowest BCUT2D eigenvalue weighted by atomic mass is 10.0. The maximum absolute atomic E-state index is 12.7. The Morgan fingerprint density at radius 2 is 1.56 bits per heavy atom. The summed E-state index contributed by atoms with van der Waals surface area (Å²) in [6.07, 6.45) is 0.779. The second-order valence-electron chi connectivity index (χ2n) is 10.1. The summed E-state index contributed by atoms with van der Waals surface area (Å²) in [4.78, 5) is 26.8. The third-order valence-electron chi connectivity index (χ3n) is 6.07. The van der Waals surface area contributed by atoms with E-state index in [-0.39, 0.29) is 11.6 Å². The molecule has 1 saturated heterocycles. The molecule has 1 fully saturated rings. The molecule has 1 aromatic heterocycles. The van der Waals surface area contributed by atoms with E-state index in [1.165, 1.54) is 11.1 Å². The molecule has 6 nitrogen and oxygen atoms in total. The minimum Gasteiger partial charge on any atom is -0.353 e. The minimum atomic E-state index is -0.246. The van der Waals surface area contributed by atoms with Gasteiger partial charge in [-0.25, -0.2) is 14.8 Å². The lowest BCUT2D eigenvalue weighted by molar-refractivity contribution is 0.185. The number of amides is 2. The van der Waals surface area contributed by atoms with Gasteiger partial charge in [-0.1, -0.05) is 60.2 Å². The zero-order valence-corrected chi connectivity index (χ0v) is 20.9. The van der Waals surface area contributed by atoms with Gasteiger partial charge >= 0.3 is 6.03 Å². The number of urea groups is 1. The summed E-state index contributed by atoms with van der Waals surface area (Å²) in [5.74, 6) is 1.72. The molecule has 3 aromatic rings. The van der Waals surface area contributed by atoms with Crippen LogP contribution >= 0.6 is 0 Å². The van der Waals surface area contributed by atoms with E-state index in [2.05, 4.69) is 72.6 Å². The van der Waals surface area contributed by atoms with Crippen LogP contribution in [0.3, 0.4) is 0 Å². The molecule has 1 N–H and O–H groups in total. The van der Waals surface area contributed by atoms with Crippen LogP contribution in [0, 0.1) is 13.8 Å². The predicted molar refractivity (Wildman–Crippen MR) is 138 cm³/mol. The maximum Gasteiger partial charge on any atom is 0.317 e.